The molecule has 0 fully saturated rings. The molecule has 8 heteroatoms. The topological polar surface area (TPSA) is 95.0 Å². The van der Waals surface area contributed by atoms with E-state index in [1.54, 1.807) is 24.4 Å². The lowest BCUT2D eigenvalue weighted by atomic mass is 10.2. The number of rotatable bonds is 6. The van der Waals surface area contributed by atoms with Crippen molar-refractivity contribution in [2.45, 2.75) is 9.92 Å². The van der Waals surface area contributed by atoms with Gasteiger partial charge in [0, 0.05) is 36.7 Å². The summed E-state index contributed by atoms with van der Waals surface area (Å²) in [5, 5.41) is 19.8. The van der Waals surface area contributed by atoms with Gasteiger partial charge in [-0.2, -0.15) is 0 Å². The Morgan fingerprint density at radius 3 is 2.56 bits per heavy atom. The van der Waals surface area contributed by atoms with Gasteiger partial charge in [-0.15, -0.1) is 0 Å². The minimum Gasteiger partial charge on any atom is -0.508 e. The molecule has 0 bridgehead atoms. The van der Waals surface area contributed by atoms with Crippen LogP contribution in [0, 0.1) is 4.91 Å². The lowest BCUT2D eigenvalue weighted by Gasteiger charge is -2.02. The first kappa shape index (κ1) is 18.4. The molecule has 0 amide bonds. The maximum atomic E-state index is 12.1. The number of hydrogen-bond donors (Lipinski definition) is 2. The highest BCUT2D eigenvalue weighted by Gasteiger charge is 2.22. The molecule has 1 aromatic heterocycles. The number of phenolic OH excluding ortho intramolecular Hbond substituents is 2. The zero-order chi connectivity index (χ0) is 19.2. The molecular weight excluding hydrogens is 366 g/mol. The first-order valence-corrected chi connectivity index (χ1v) is 8.68. The summed E-state index contributed by atoms with van der Waals surface area (Å²) in [4.78, 5) is 26.4. The molecule has 0 unspecified atom stereocenters. The highest BCUT2D eigenvalue weighted by atomic mass is 32.2. The third-order valence-corrected chi connectivity index (χ3v) is 4.46. The molecule has 27 heavy (non-hydrogen) atoms. The molecular formula is C19H16N3O4S+. The van der Waals surface area contributed by atoms with Crippen molar-refractivity contribution in [2.24, 2.45) is 4.99 Å². The number of hydrogen-bond acceptors (Lipinski definition) is 7. The lowest BCUT2D eigenvalue weighted by molar-refractivity contribution is -0.738. The van der Waals surface area contributed by atoms with Crippen LogP contribution in [0.2, 0.25) is 0 Å². The molecule has 0 saturated heterocycles. The molecule has 0 aliphatic carbocycles. The lowest BCUT2D eigenvalue weighted by Crippen LogP contribution is -2.00. The van der Waals surface area contributed by atoms with E-state index >= 15 is 0 Å². The molecule has 3 aromatic rings. The van der Waals surface area contributed by atoms with Crippen LogP contribution in [0.15, 0.2) is 75.7 Å². The summed E-state index contributed by atoms with van der Waals surface area (Å²) in [5.41, 5.74) is 1.35. The van der Waals surface area contributed by atoms with Crippen molar-refractivity contribution in [2.75, 3.05) is 7.11 Å². The number of pyridine rings is 1. The molecule has 0 saturated carbocycles. The van der Waals surface area contributed by atoms with Crippen molar-refractivity contribution in [1.82, 2.24) is 4.98 Å². The minimum atomic E-state index is -0.0879. The van der Waals surface area contributed by atoms with E-state index in [1.807, 2.05) is 18.2 Å². The van der Waals surface area contributed by atoms with Gasteiger partial charge in [0.05, 0.1) is 15.5 Å². The highest BCUT2D eigenvalue weighted by molar-refractivity contribution is 7.99. The van der Waals surface area contributed by atoms with Gasteiger partial charge in [-0.25, -0.2) is 9.82 Å². The summed E-state index contributed by atoms with van der Waals surface area (Å²) < 4.78 is 0. The number of phenols is 2. The summed E-state index contributed by atoms with van der Waals surface area (Å²) >= 11 is 1.34. The maximum Gasteiger partial charge on any atom is 0.331 e. The fourth-order valence-electron chi connectivity index (χ4n) is 2.27. The van der Waals surface area contributed by atoms with Crippen LogP contribution in [0.5, 0.6) is 11.5 Å². The monoisotopic (exact) mass is 382 g/mol. The predicted octanol–water partition coefficient (Wildman–Crippen LogP) is 4.37. The molecule has 2 N–H and O–H groups in total. The Kier molecular flexibility index (Phi) is 5.68. The van der Waals surface area contributed by atoms with E-state index in [-0.39, 0.29) is 11.5 Å². The average Bonchev–Trinajstić information content (AvgIpc) is 2.66. The third kappa shape index (κ3) is 4.83. The molecule has 0 aliphatic heterocycles. The normalized spacial score (nSPS) is 10.9. The second-order valence-corrected chi connectivity index (χ2v) is 6.46. The quantitative estimate of drug-likeness (QED) is 0.486. The van der Waals surface area contributed by atoms with Crippen LogP contribution in [-0.2, 0) is 4.84 Å². The molecule has 0 atom stereocenters. The van der Waals surface area contributed by atoms with E-state index in [2.05, 4.69) is 9.98 Å². The molecule has 0 radical (unpaired) electrons. The molecule has 3 rings (SSSR count). The van der Waals surface area contributed by atoms with Gasteiger partial charge in [0.1, 0.15) is 16.5 Å². The van der Waals surface area contributed by atoms with Crippen molar-refractivity contribution in [3.8, 4) is 11.5 Å². The molecule has 0 aliphatic rings. The Morgan fingerprint density at radius 1 is 1.11 bits per heavy atom. The molecule has 136 valence electrons. The van der Waals surface area contributed by atoms with Crippen molar-refractivity contribution >= 4 is 29.4 Å². The Labute approximate surface area is 159 Å². The SMILES string of the molecule is CO[N+](=O)c1cc(C=Nc2cc(O)cc(O)c2)ccc1Sc1ccccn1. The fourth-order valence-corrected chi connectivity index (χ4v) is 3.12. The Morgan fingerprint density at radius 2 is 1.89 bits per heavy atom. The standard InChI is InChI=1S/C19H15N3O4S/c1-26-22(25)17-8-13(12-21-14-9-15(23)11-16(24)10-14)5-6-18(17)27-19-4-2-3-7-20-19/h2-12H,1H3,(H-,23,24)/p+1. The minimum absolute atomic E-state index is 0.0879. The van der Waals surface area contributed by atoms with Gasteiger partial charge < -0.3 is 10.2 Å². The third-order valence-electron chi connectivity index (χ3n) is 3.45. The van der Waals surface area contributed by atoms with E-state index in [0.717, 1.165) is 5.03 Å². The highest BCUT2D eigenvalue weighted by Crippen LogP contribution is 2.34. The van der Waals surface area contributed by atoms with E-state index in [9.17, 15) is 15.1 Å². The van der Waals surface area contributed by atoms with E-state index in [0.29, 0.717) is 26.8 Å². The predicted molar refractivity (Wildman–Crippen MR) is 102 cm³/mol. The van der Waals surface area contributed by atoms with Gasteiger partial charge >= 0.3 is 5.69 Å². The number of aliphatic imine (C=N–C) groups is 1. The van der Waals surface area contributed by atoms with Gasteiger partial charge in [-0.1, -0.05) is 23.9 Å². The van der Waals surface area contributed by atoms with Gasteiger partial charge in [-0.05, 0) is 23.8 Å². The number of aromatic nitrogens is 1. The Balaban J connectivity index is 1.91. The first-order valence-electron chi connectivity index (χ1n) is 7.86. The fraction of sp³-hybridized carbons (Fsp3) is 0.0526. The van der Waals surface area contributed by atoms with Crippen LogP contribution >= 0.6 is 11.8 Å². The van der Waals surface area contributed by atoms with E-state index in [4.69, 9.17) is 4.84 Å². The molecule has 0 spiro atoms. The van der Waals surface area contributed by atoms with Crippen LogP contribution in [0.1, 0.15) is 5.56 Å². The average molecular weight is 382 g/mol. The largest absolute Gasteiger partial charge is 0.508 e. The van der Waals surface area contributed by atoms with Crippen LogP contribution in [0.4, 0.5) is 11.4 Å². The van der Waals surface area contributed by atoms with Gasteiger partial charge in [0.2, 0.25) is 0 Å². The zero-order valence-corrected chi connectivity index (χ0v) is 15.1. The van der Waals surface area contributed by atoms with E-state index < -0.39 is 0 Å². The number of aromatic hydroxyl groups is 2. The number of nitrogens with zero attached hydrogens (tertiary/aromatic N) is 3. The van der Waals surface area contributed by atoms with Crippen LogP contribution in [0.3, 0.4) is 0 Å². The molecule has 7 nitrogen and oxygen atoms in total. The van der Waals surface area contributed by atoms with Gasteiger partial charge in [-0.3, -0.25) is 4.99 Å². The summed E-state index contributed by atoms with van der Waals surface area (Å²) in [6.07, 6.45) is 3.20. The van der Waals surface area contributed by atoms with E-state index in [1.165, 1.54) is 43.3 Å². The molecule has 1 heterocycles. The van der Waals surface area contributed by atoms with Crippen molar-refractivity contribution in [3.63, 3.8) is 0 Å². The summed E-state index contributed by atoms with van der Waals surface area (Å²) in [6.45, 7) is 0. The second kappa shape index (κ2) is 8.33. The van der Waals surface area contributed by atoms with Gasteiger partial charge in [0.25, 0.3) is 4.92 Å². The second-order valence-electron chi connectivity index (χ2n) is 5.40. The Hall–Kier alpha value is -3.39. The van der Waals surface area contributed by atoms with Crippen LogP contribution in [0.25, 0.3) is 0 Å². The summed E-state index contributed by atoms with van der Waals surface area (Å²) in [6, 6.07) is 14.8. The summed E-state index contributed by atoms with van der Waals surface area (Å²) in [5.74, 6) is -0.176. The smallest absolute Gasteiger partial charge is 0.331 e. The van der Waals surface area contributed by atoms with Crippen molar-refractivity contribution in [1.29, 1.82) is 0 Å². The zero-order valence-electron chi connectivity index (χ0n) is 14.3. The van der Waals surface area contributed by atoms with Crippen LogP contribution < -0.4 is 0 Å². The Bertz CT molecular complexity index is 973. The summed E-state index contributed by atoms with van der Waals surface area (Å²) in [7, 11) is 1.29. The first-order chi connectivity index (χ1) is 13.0. The molecule has 2 aromatic carbocycles. The number of benzene rings is 2. The maximum absolute atomic E-state index is 12.1. The van der Waals surface area contributed by atoms with Crippen LogP contribution in [-0.4, -0.2) is 33.4 Å². The van der Waals surface area contributed by atoms with Gasteiger partial charge in [0.15, 0.2) is 7.11 Å². The van der Waals surface area contributed by atoms with Crippen molar-refractivity contribution < 1.29 is 20.0 Å². The van der Waals surface area contributed by atoms with Crippen molar-refractivity contribution in [3.05, 3.63) is 71.3 Å².